The van der Waals surface area contributed by atoms with Gasteiger partial charge in [-0.2, -0.15) is 0 Å². The lowest BCUT2D eigenvalue weighted by Gasteiger charge is -2.16. The number of ketones is 1. The predicted molar refractivity (Wildman–Crippen MR) is 44.2 cm³/mol. The maximum absolute atomic E-state index is 11.8. The molecule has 0 rings (SSSR count). The first-order valence-electron chi connectivity index (χ1n) is 4.16. The van der Waals surface area contributed by atoms with E-state index >= 15 is 0 Å². The van der Waals surface area contributed by atoms with E-state index in [1.165, 1.54) is 0 Å². The van der Waals surface area contributed by atoms with Gasteiger partial charge in [-0.05, 0) is 25.7 Å². The van der Waals surface area contributed by atoms with Crippen molar-refractivity contribution in [3.8, 4) is 0 Å². The Labute approximate surface area is 68.0 Å². The topological polar surface area (TPSA) is 17.1 Å². The molecular weight excluding hydrogens is 143 g/mol. The fourth-order valence-corrected chi connectivity index (χ4v) is 1.30. The van der Waals surface area contributed by atoms with Crippen LogP contribution in [0.25, 0.3) is 0 Å². The van der Waals surface area contributed by atoms with Crippen molar-refractivity contribution in [1.29, 1.82) is 0 Å². The molecule has 66 valence electrons. The Kier molecular flexibility index (Phi) is 5.08. The maximum Gasteiger partial charge on any atom is 0.133 e. The molecule has 0 saturated carbocycles. The summed E-state index contributed by atoms with van der Waals surface area (Å²) >= 11 is 0. The number of halogens is 1. The van der Waals surface area contributed by atoms with Gasteiger partial charge in [0, 0.05) is 5.92 Å². The monoisotopic (exact) mass is 160 g/mol. The average Bonchev–Trinajstić information content (AvgIpc) is 1.87. The largest absolute Gasteiger partial charge is 0.300 e. The zero-order valence-electron chi connectivity index (χ0n) is 7.56. The van der Waals surface area contributed by atoms with Gasteiger partial charge in [0.05, 0.1) is 6.67 Å². The van der Waals surface area contributed by atoms with Crippen LogP contribution in [-0.2, 0) is 4.79 Å². The first-order valence-corrected chi connectivity index (χ1v) is 4.16. The third kappa shape index (κ3) is 4.12. The highest BCUT2D eigenvalue weighted by Gasteiger charge is 2.17. The fraction of sp³-hybridized carbons (Fsp3) is 0.889. The van der Waals surface area contributed by atoms with Crippen LogP contribution in [-0.4, -0.2) is 12.5 Å². The normalized spacial score (nSPS) is 13.5. The van der Waals surface area contributed by atoms with Gasteiger partial charge >= 0.3 is 0 Å². The molecule has 2 heteroatoms. The fourth-order valence-electron chi connectivity index (χ4n) is 1.30. The van der Waals surface area contributed by atoms with Crippen molar-refractivity contribution in [2.75, 3.05) is 6.67 Å². The van der Waals surface area contributed by atoms with Gasteiger partial charge < -0.3 is 0 Å². The van der Waals surface area contributed by atoms with E-state index in [4.69, 9.17) is 0 Å². The Morgan fingerprint density at radius 3 is 2.27 bits per heavy atom. The maximum atomic E-state index is 11.8. The molecule has 0 saturated heterocycles. The summed E-state index contributed by atoms with van der Waals surface area (Å²) in [6.07, 6.45) is 1.21. The predicted octanol–water partition coefficient (Wildman–Crippen LogP) is 2.60. The molecule has 0 fully saturated rings. The van der Waals surface area contributed by atoms with E-state index in [9.17, 15) is 9.18 Å². The summed E-state index contributed by atoms with van der Waals surface area (Å²) in [6, 6.07) is 0. The lowest BCUT2D eigenvalue weighted by atomic mass is 9.88. The molecule has 0 spiro atoms. The molecule has 0 bridgehead atoms. The number of rotatable bonds is 5. The number of alkyl halides is 1. The van der Waals surface area contributed by atoms with Crippen molar-refractivity contribution >= 4 is 5.78 Å². The third-order valence-corrected chi connectivity index (χ3v) is 1.98. The highest BCUT2D eigenvalue weighted by molar-refractivity contribution is 5.78. The van der Waals surface area contributed by atoms with E-state index < -0.39 is 0 Å². The van der Waals surface area contributed by atoms with E-state index in [0.717, 1.165) is 0 Å². The van der Waals surface area contributed by atoms with E-state index in [2.05, 4.69) is 0 Å². The van der Waals surface area contributed by atoms with Gasteiger partial charge in [-0.3, -0.25) is 9.18 Å². The lowest BCUT2D eigenvalue weighted by Crippen LogP contribution is -2.17. The van der Waals surface area contributed by atoms with Gasteiger partial charge in [-0.1, -0.05) is 13.8 Å². The summed E-state index contributed by atoms with van der Waals surface area (Å²) in [6.45, 7) is 5.29. The van der Waals surface area contributed by atoms with Crippen LogP contribution in [0.2, 0.25) is 0 Å². The second-order valence-electron chi connectivity index (χ2n) is 3.29. The van der Waals surface area contributed by atoms with Crippen LogP contribution in [0.1, 0.15) is 33.6 Å². The molecule has 0 aliphatic carbocycles. The van der Waals surface area contributed by atoms with Gasteiger partial charge in [0.25, 0.3) is 0 Å². The van der Waals surface area contributed by atoms with Gasteiger partial charge in [0.15, 0.2) is 0 Å². The van der Waals surface area contributed by atoms with Gasteiger partial charge in [0.2, 0.25) is 0 Å². The molecule has 0 aromatic heterocycles. The Balaban J connectivity index is 3.80. The van der Waals surface area contributed by atoms with Crippen molar-refractivity contribution in [2.24, 2.45) is 11.8 Å². The van der Waals surface area contributed by atoms with Crippen LogP contribution in [0.5, 0.6) is 0 Å². The summed E-state index contributed by atoms with van der Waals surface area (Å²) in [5.41, 5.74) is 0. The molecule has 1 nitrogen and oxygen atoms in total. The molecule has 0 aliphatic heterocycles. The Hall–Kier alpha value is -0.400. The Morgan fingerprint density at radius 1 is 1.45 bits per heavy atom. The minimum absolute atomic E-state index is 0.0609. The number of hydrogen-bond acceptors (Lipinski definition) is 1. The second kappa shape index (κ2) is 5.28. The van der Waals surface area contributed by atoms with Crippen LogP contribution in [0.15, 0.2) is 0 Å². The van der Waals surface area contributed by atoms with Crippen LogP contribution >= 0.6 is 0 Å². The standard InChI is InChI=1S/C9H17FO/c1-7(2)9(8(3)11)5-4-6-10/h7,9H,4-6H2,1-3H3. The summed E-state index contributed by atoms with van der Waals surface area (Å²) in [5.74, 6) is 0.596. The molecule has 0 radical (unpaired) electrons. The number of carbonyl (C=O) groups excluding carboxylic acids is 1. The van der Waals surface area contributed by atoms with E-state index in [1.54, 1.807) is 6.92 Å². The van der Waals surface area contributed by atoms with Crippen molar-refractivity contribution in [2.45, 2.75) is 33.6 Å². The summed E-state index contributed by atoms with van der Waals surface area (Å²) < 4.78 is 11.8. The SMILES string of the molecule is CC(=O)C(CCCF)C(C)C. The van der Waals surface area contributed by atoms with Gasteiger partial charge in [0.1, 0.15) is 5.78 Å². The molecule has 1 atom stereocenters. The van der Waals surface area contributed by atoms with Crippen molar-refractivity contribution < 1.29 is 9.18 Å². The minimum atomic E-state index is -0.309. The Bertz CT molecular complexity index is 121. The lowest BCUT2D eigenvalue weighted by molar-refractivity contribution is -0.122. The molecule has 1 unspecified atom stereocenters. The summed E-state index contributed by atoms with van der Waals surface area (Å²) in [7, 11) is 0. The van der Waals surface area contributed by atoms with Crippen LogP contribution in [0.4, 0.5) is 4.39 Å². The highest BCUT2D eigenvalue weighted by atomic mass is 19.1. The highest BCUT2D eigenvalue weighted by Crippen LogP contribution is 2.17. The quantitative estimate of drug-likeness (QED) is 0.604. The summed E-state index contributed by atoms with van der Waals surface area (Å²) in [4.78, 5) is 11.0. The molecule has 0 heterocycles. The smallest absolute Gasteiger partial charge is 0.133 e. The number of hydrogen-bond donors (Lipinski definition) is 0. The van der Waals surface area contributed by atoms with Crippen LogP contribution < -0.4 is 0 Å². The molecular formula is C9H17FO. The van der Waals surface area contributed by atoms with E-state index in [-0.39, 0.29) is 18.4 Å². The van der Waals surface area contributed by atoms with E-state index in [0.29, 0.717) is 18.8 Å². The van der Waals surface area contributed by atoms with E-state index in [1.807, 2.05) is 13.8 Å². The molecule has 0 aliphatic rings. The van der Waals surface area contributed by atoms with Crippen molar-refractivity contribution in [3.05, 3.63) is 0 Å². The van der Waals surface area contributed by atoms with Gasteiger partial charge in [-0.15, -0.1) is 0 Å². The average molecular weight is 160 g/mol. The Morgan fingerprint density at radius 2 is 2.00 bits per heavy atom. The molecule has 0 aromatic rings. The van der Waals surface area contributed by atoms with Crippen LogP contribution in [0.3, 0.4) is 0 Å². The number of Topliss-reactive ketones (excluding diaryl/α,β-unsaturated/α-hetero) is 1. The number of carbonyl (C=O) groups is 1. The zero-order chi connectivity index (χ0) is 8.85. The van der Waals surface area contributed by atoms with Crippen molar-refractivity contribution in [1.82, 2.24) is 0 Å². The van der Waals surface area contributed by atoms with Crippen molar-refractivity contribution in [3.63, 3.8) is 0 Å². The molecule has 0 amide bonds. The molecule has 11 heavy (non-hydrogen) atoms. The molecule has 0 N–H and O–H groups in total. The minimum Gasteiger partial charge on any atom is -0.300 e. The third-order valence-electron chi connectivity index (χ3n) is 1.98. The second-order valence-corrected chi connectivity index (χ2v) is 3.29. The first-order chi connectivity index (χ1) is 5.09. The van der Waals surface area contributed by atoms with Gasteiger partial charge in [-0.25, -0.2) is 0 Å². The van der Waals surface area contributed by atoms with Crippen LogP contribution in [0, 0.1) is 11.8 Å². The first kappa shape index (κ1) is 10.6. The summed E-state index contributed by atoms with van der Waals surface area (Å²) in [5, 5.41) is 0. The zero-order valence-corrected chi connectivity index (χ0v) is 7.56. The molecule has 0 aromatic carbocycles.